The van der Waals surface area contributed by atoms with E-state index in [1.807, 2.05) is 60.7 Å². The van der Waals surface area contributed by atoms with Gasteiger partial charge in [0.1, 0.15) is 0 Å². The third kappa shape index (κ3) is 3.39. The first-order valence-electron chi connectivity index (χ1n) is 9.42. The molecule has 27 heavy (non-hydrogen) atoms. The molecule has 1 aliphatic rings. The van der Waals surface area contributed by atoms with E-state index in [0.717, 1.165) is 40.8 Å². The molecule has 4 heteroatoms. The van der Waals surface area contributed by atoms with Gasteiger partial charge < -0.3 is 10.6 Å². The molecule has 2 aromatic carbocycles. The molecule has 0 spiro atoms. The molecular formula is C23H26N4. The Bertz CT molecular complexity index is 868. The second kappa shape index (κ2) is 6.38. The summed E-state index contributed by atoms with van der Waals surface area (Å²) >= 11 is 0. The fourth-order valence-electron chi connectivity index (χ4n) is 4.14. The number of benzene rings is 2. The fourth-order valence-corrected chi connectivity index (χ4v) is 4.14. The van der Waals surface area contributed by atoms with Crippen molar-refractivity contribution in [2.75, 3.05) is 10.6 Å². The summed E-state index contributed by atoms with van der Waals surface area (Å²) < 4.78 is 0. The van der Waals surface area contributed by atoms with Crippen molar-refractivity contribution in [1.29, 1.82) is 0 Å². The second-order valence-electron chi connectivity index (χ2n) is 8.54. The van der Waals surface area contributed by atoms with Crippen molar-refractivity contribution < 1.29 is 0 Å². The zero-order valence-electron chi connectivity index (χ0n) is 16.4. The van der Waals surface area contributed by atoms with Gasteiger partial charge in [-0.3, -0.25) is 0 Å². The Balaban J connectivity index is 1.82. The molecule has 3 aromatic rings. The Morgan fingerprint density at radius 1 is 0.630 bits per heavy atom. The Morgan fingerprint density at radius 2 is 1.00 bits per heavy atom. The van der Waals surface area contributed by atoms with Gasteiger partial charge in [-0.15, -0.1) is 0 Å². The maximum Gasteiger partial charge on any atom is 0.174 e. The zero-order chi connectivity index (χ0) is 19.1. The molecular weight excluding hydrogens is 332 g/mol. The molecule has 4 nitrogen and oxygen atoms in total. The van der Waals surface area contributed by atoms with Gasteiger partial charge in [0.2, 0.25) is 0 Å². The SMILES string of the molecule is CC1(C)CC(C)(C)c2nc(Nc3ccccc3)c(Nc3ccccc3)nc21. The van der Waals surface area contributed by atoms with E-state index >= 15 is 0 Å². The van der Waals surface area contributed by atoms with Gasteiger partial charge in [0.05, 0.1) is 11.4 Å². The first-order valence-corrected chi connectivity index (χ1v) is 9.42. The van der Waals surface area contributed by atoms with E-state index in [0.29, 0.717) is 0 Å². The van der Waals surface area contributed by atoms with E-state index in [-0.39, 0.29) is 10.8 Å². The minimum absolute atomic E-state index is 0.00419. The minimum Gasteiger partial charge on any atom is -0.337 e. The van der Waals surface area contributed by atoms with Crippen LogP contribution in [0.1, 0.15) is 45.5 Å². The Kier molecular flexibility index (Phi) is 4.14. The molecule has 1 aliphatic carbocycles. The van der Waals surface area contributed by atoms with Crippen LogP contribution >= 0.6 is 0 Å². The van der Waals surface area contributed by atoms with Crippen molar-refractivity contribution in [1.82, 2.24) is 9.97 Å². The monoisotopic (exact) mass is 358 g/mol. The highest BCUT2D eigenvalue weighted by atomic mass is 15.1. The number of fused-ring (bicyclic) bond motifs is 1. The van der Waals surface area contributed by atoms with Crippen molar-refractivity contribution in [3.05, 3.63) is 72.1 Å². The molecule has 4 rings (SSSR count). The predicted octanol–water partition coefficient (Wildman–Crippen LogP) is 5.92. The van der Waals surface area contributed by atoms with Gasteiger partial charge in [0, 0.05) is 22.2 Å². The lowest BCUT2D eigenvalue weighted by Crippen LogP contribution is -2.18. The first kappa shape index (κ1) is 17.5. The highest BCUT2D eigenvalue weighted by Crippen LogP contribution is 2.48. The van der Waals surface area contributed by atoms with Gasteiger partial charge in [0.15, 0.2) is 11.6 Å². The van der Waals surface area contributed by atoms with E-state index in [1.165, 1.54) is 0 Å². The average molecular weight is 358 g/mol. The zero-order valence-corrected chi connectivity index (χ0v) is 16.4. The number of hydrogen-bond acceptors (Lipinski definition) is 4. The third-order valence-electron chi connectivity index (χ3n) is 5.13. The van der Waals surface area contributed by atoms with Crippen LogP contribution in [0.5, 0.6) is 0 Å². The summed E-state index contributed by atoms with van der Waals surface area (Å²) in [6, 6.07) is 20.2. The Hall–Kier alpha value is -2.88. The van der Waals surface area contributed by atoms with Crippen molar-refractivity contribution in [3.8, 4) is 0 Å². The van der Waals surface area contributed by atoms with Gasteiger partial charge in [-0.1, -0.05) is 64.1 Å². The molecule has 0 saturated heterocycles. The van der Waals surface area contributed by atoms with Crippen LogP contribution in [0.2, 0.25) is 0 Å². The van der Waals surface area contributed by atoms with E-state index in [2.05, 4.69) is 38.3 Å². The van der Waals surface area contributed by atoms with Crippen LogP contribution in [0, 0.1) is 0 Å². The van der Waals surface area contributed by atoms with Crippen LogP contribution in [-0.4, -0.2) is 9.97 Å². The summed E-state index contributed by atoms with van der Waals surface area (Å²) in [6.07, 6.45) is 1.04. The van der Waals surface area contributed by atoms with Crippen LogP contribution in [0.25, 0.3) is 0 Å². The molecule has 0 amide bonds. The standard InChI is InChI=1S/C23H26N4/c1-22(2)15-23(3,4)19-18(22)26-20(24-16-11-7-5-8-12-16)21(27-19)25-17-13-9-6-10-14-17/h5-14H,15H2,1-4H3,(H,24,26)(H,25,27). The molecule has 0 saturated carbocycles. The van der Waals surface area contributed by atoms with Gasteiger partial charge in [-0.2, -0.15) is 0 Å². The van der Waals surface area contributed by atoms with Gasteiger partial charge >= 0.3 is 0 Å². The molecule has 0 atom stereocenters. The lowest BCUT2D eigenvalue weighted by molar-refractivity contribution is 0.396. The maximum atomic E-state index is 5.06. The van der Waals surface area contributed by atoms with Crippen LogP contribution < -0.4 is 10.6 Å². The number of rotatable bonds is 4. The number of aromatic nitrogens is 2. The topological polar surface area (TPSA) is 49.8 Å². The van der Waals surface area contributed by atoms with Crippen molar-refractivity contribution in [3.63, 3.8) is 0 Å². The fraction of sp³-hybridized carbons (Fsp3) is 0.304. The lowest BCUT2D eigenvalue weighted by atomic mass is 9.83. The normalized spacial score (nSPS) is 16.6. The number of hydrogen-bond donors (Lipinski definition) is 2. The molecule has 0 fully saturated rings. The molecule has 138 valence electrons. The first-order chi connectivity index (χ1) is 12.9. The lowest BCUT2D eigenvalue weighted by Gasteiger charge is -2.21. The number of nitrogens with one attached hydrogen (secondary N) is 2. The van der Waals surface area contributed by atoms with Crippen LogP contribution in [0.3, 0.4) is 0 Å². The summed E-state index contributed by atoms with van der Waals surface area (Å²) in [5, 5.41) is 6.90. The Labute approximate surface area is 161 Å². The molecule has 2 N–H and O–H groups in total. The molecule has 0 radical (unpaired) electrons. The molecule has 0 unspecified atom stereocenters. The van der Waals surface area contributed by atoms with Gasteiger partial charge in [-0.05, 0) is 30.7 Å². The Morgan fingerprint density at radius 3 is 1.37 bits per heavy atom. The van der Waals surface area contributed by atoms with Crippen molar-refractivity contribution in [2.45, 2.75) is 44.9 Å². The van der Waals surface area contributed by atoms with Crippen LogP contribution in [0.15, 0.2) is 60.7 Å². The second-order valence-corrected chi connectivity index (χ2v) is 8.54. The summed E-state index contributed by atoms with van der Waals surface area (Å²) in [5.41, 5.74) is 4.18. The minimum atomic E-state index is 0.00419. The number of nitrogens with zero attached hydrogens (tertiary/aromatic N) is 2. The van der Waals surface area contributed by atoms with Crippen LogP contribution in [-0.2, 0) is 10.8 Å². The third-order valence-corrected chi connectivity index (χ3v) is 5.13. The van der Waals surface area contributed by atoms with Crippen molar-refractivity contribution in [2.24, 2.45) is 0 Å². The van der Waals surface area contributed by atoms with Crippen molar-refractivity contribution >= 4 is 23.0 Å². The number of para-hydroxylation sites is 2. The summed E-state index contributed by atoms with van der Waals surface area (Å²) in [4.78, 5) is 10.1. The smallest absolute Gasteiger partial charge is 0.174 e. The highest BCUT2D eigenvalue weighted by Gasteiger charge is 2.45. The quantitative estimate of drug-likeness (QED) is 0.607. The highest BCUT2D eigenvalue weighted by molar-refractivity contribution is 5.73. The van der Waals surface area contributed by atoms with E-state index in [4.69, 9.17) is 9.97 Å². The molecule has 1 heterocycles. The summed E-state index contributed by atoms with van der Waals surface area (Å²) in [6.45, 7) is 9.02. The summed E-state index contributed by atoms with van der Waals surface area (Å²) in [5.74, 6) is 1.52. The van der Waals surface area contributed by atoms with Crippen LogP contribution in [0.4, 0.5) is 23.0 Å². The number of anilines is 4. The van der Waals surface area contributed by atoms with E-state index in [1.54, 1.807) is 0 Å². The molecule has 0 bridgehead atoms. The summed E-state index contributed by atoms with van der Waals surface area (Å²) in [7, 11) is 0. The largest absolute Gasteiger partial charge is 0.337 e. The van der Waals surface area contributed by atoms with Gasteiger partial charge in [0.25, 0.3) is 0 Å². The maximum absolute atomic E-state index is 5.06. The predicted molar refractivity (Wildman–Crippen MR) is 112 cm³/mol. The molecule has 1 aromatic heterocycles. The van der Waals surface area contributed by atoms with E-state index in [9.17, 15) is 0 Å². The van der Waals surface area contributed by atoms with E-state index < -0.39 is 0 Å². The average Bonchev–Trinajstić information content (AvgIpc) is 2.81. The molecule has 0 aliphatic heterocycles. The van der Waals surface area contributed by atoms with Gasteiger partial charge in [-0.25, -0.2) is 9.97 Å².